The summed E-state index contributed by atoms with van der Waals surface area (Å²) in [6, 6.07) is 0. The Morgan fingerprint density at radius 2 is 2.00 bits per heavy atom. The van der Waals surface area contributed by atoms with Crippen molar-refractivity contribution in [1.29, 1.82) is 0 Å². The van der Waals surface area contributed by atoms with Crippen molar-refractivity contribution < 1.29 is 9.53 Å². The third-order valence-electron chi connectivity index (χ3n) is 5.43. The standard InChI is InChI=1S/C18H29N3O2S.2ClH/c1-23-18(8-11-19-12-9-18)17(22)20-10-7-16-21-15(13-24-16)14-5-3-2-4-6-14;;/h13-14,19H,2-12H2,1H3,(H,20,22);2*1H. The highest BCUT2D eigenvalue weighted by atomic mass is 35.5. The zero-order valence-corrected chi connectivity index (χ0v) is 17.9. The molecular weight excluding hydrogens is 393 g/mol. The normalized spacial score (nSPS) is 19.9. The van der Waals surface area contributed by atoms with E-state index in [0.717, 1.165) is 37.4 Å². The quantitative estimate of drug-likeness (QED) is 0.734. The summed E-state index contributed by atoms with van der Waals surface area (Å²) < 4.78 is 5.56. The molecule has 1 saturated heterocycles. The van der Waals surface area contributed by atoms with Crippen molar-refractivity contribution in [3.63, 3.8) is 0 Å². The average Bonchev–Trinajstić information content (AvgIpc) is 3.12. The van der Waals surface area contributed by atoms with Crippen LogP contribution in [0.15, 0.2) is 5.38 Å². The monoisotopic (exact) mass is 423 g/mol. The molecule has 3 rings (SSSR count). The molecule has 8 heteroatoms. The first kappa shape index (κ1) is 23.6. The van der Waals surface area contributed by atoms with Crippen LogP contribution in [0, 0.1) is 0 Å². The number of carbonyl (C=O) groups is 1. The van der Waals surface area contributed by atoms with Crippen LogP contribution in [0.3, 0.4) is 0 Å². The van der Waals surface area contributed by atoms with E-state index in [1.54, 1.807) is 18.4 Å². The molecule has 0 spiro atoms. The van der Waals surface area contributed by atoms with E-state index >= 15 is 0 Å². The molecule has 2 fully saturated rings. The first-order chi connectivity index (χ1) is 11.7. The molecule has 150 valence electrons. The number of hydrogen-bond donors (Lipinski definition) is 2. The Morgan fingerprint density at radius 3 is 2.65 bits per heavy atom. The van der Waals surface area contributed by atoms with E-state index in [1.165, 1.54) is 37.8 Å². The summed E-state index contributed by atoms with van der Waals surface area (Å²) in [5.41, 5.74) is 0.620. The molecule has 5 nitrogen and oxygen atoms in total. The van der Waals surface area contributed by atoms with E-state index in [4.69, 9.17) is 9.72 Å². The molecule has 1 saturated carbocycles. The molecule has 1 aromatic heterocycles. The van der Waals surface area contributed by atoms with Gasteiger partial charge >= 0.3 is 0 Å². The Bertz CT molecular complexity index is 544. The minimum Gasteiger partial charge on any atom is -0.368 e. The molecule has 1 aromatic rings. The van der Waals surface area contributed by atoms with Crippen molar-refractivity contribution in [1.82, 2.24) is 15.6 Å². The Balaban J connectivity index is 0.00000169. The van der Waals surface area contributed by atoms with Crippen molar-refractivity contribution in [2.75, 3.05) is 26.7 Å². The third-order valence-corrected chi connectivity index (χ3v) is 6.36. The van der Waals surface area contributed by atoms with Crippen LogP contribution in [0.2, 0.25) is 0 Å². The topological polar surface area (TPSA) is 63.2 Å². The van der Waals surface area contributed by atoms with Gasteiger partial charge in [-0.2, -0.15) is 0 Å². The highest BCUT2D eigenvalue weighted by Gasteiger charge is 2.39. The lowest BCUT2D eigenvalue weighted by atomic mass is 9.87. The number of nitrogens with one attached hydrogen (secondary N) is 2. The molecule has 0 atom stereocenters. The predicted octanol–water partition coefficient (Wildman–Crippen LogP) is 3.46. The van der Waals surface area contributed by atoms with Gasteiger partial charge in [0.1, 0.15) is 5.60 Å². The van der Waals surface area contributed by atoms with Gasteiger partial charge in [0.05, 0.1) is 10.7 Å². The number of rotatable bonds is 6. The van der Waals surface area contributed by atoms with Crippen LogP contribution < -0.4 is 10.6 Å². The van der Waals surface area contributed by atoms with Gasteiger partial charge < -0.3 is 15.4 Å². The zero-order valence-electron chi connectivity index (χ0n) is 15.4. The van der Waals surface area contributed by atoms with Crippen molar-refractivity contribution in [3.8, 4) is 0 Å². The molecule has 0 unspecified atom stereocenters. The van der Waals surface area contributed by atoms with Gasteiger partial charge in [0.25, 0.3) is 5.91 Å². The molecule has 2 heterocycles. The van der Waals surface area contributed by atoms with E-state index in [1.807, 2.05) is 0 Å². The minimum atomic E-state index is -0.651. The molecule has 1 aliphatic carbocycles. The summed E-state index contributed by atoms with van der Waals surface area (Å²) in [6.45, 7) is 2.30. The molecule has 1 amide bonds. The average molecular weight is 424 g/mol. The van der Waals surface area contributed by atoms with Crippen LogP contribution in [0.25, 0.3) is 0 Å². The Labute approximate surface area is 172 Å². The number of halogens is 2. The third kappa shape index (κ3) is 5.80. The van der Waals surface area contributed by atoms with Gasteiger partial charge in [-0.1, -0.05) is 19.3 Å². The Kier molecular flexibility index (Phi) is 10.4. The van der Waals surface area contributed by atoms with Crippen LogP contribution in [-0.4, -0.2) is 43.2 Å². The summed E-state index contributed by atoms with van der Waals surface area (Å²) in [4.78, 5) is 17.3. The predicted molar refractivity (Wildman–Crippen MR) is 111 cm³/mol. The summed E-state index contributed by atoms with van der Waals surface area (Å²) in [6.07, 6.45) is 8.88. The van der Waals surface area contributed by atoms with Gasteiger partial charge in [-0.05, 0) is 38.8 Å². The second-order valence-electron chi connectivity index (χ2n) is 6.96. The SMILES string of the molecule is COC1(C(=O)NCCc2nc(C3CCCCC3)cs2)CCNCC1.Cl.Cl. The smallest absolute Gasteiger partial charge is 0.252 e. The van der Waals surface area contributed by atoms with Crippen LogP contribution in [0.4, 0.5) is 0 Å². The van der Waals surface area contributed by atoms with E-state index in [9.17, 15) is 4.79 Å². The highest BCUT2D eigenvalue weighted by Crippen LogP contribution is 2.33. The summed E-state index contributed by atoms with van der Waals surface area (Å²) in [7, 11) is 1.64. The zero-order chi connectivity index (χ0) is 16.8. The van der Waals surface area contributed by atoms with Gasteiger partial charge in [-0.3, -0.25) is 4.79 Å². The van der Waals surface area contributed by atoms with Crippen LogP contribution in [-0.2, 0) is 16.0 Å². The van der Waals surface area contributed by atoms with Gasteiger partial charge in [0, 0.05) is 31.4 Å². The molecule has 2 N–H and O–H groups in total. The number of nitrogens with zero attached hydrogens (tertiary/aromatic N) is 1. The second-order valence-corrected chi connectivity index (χ2v) is 7.90. The van der Waals surface area contributed by atoms with E-state index in [-0.39, 0.29) is 30.7 Å². The van der Waals surface area contributed by atoms with Crippen molar-refractivity contribution in [3.05, 3.63) is 16.1 Å². The number of thiazole rings is 1. The number of amides is 1. The molecule has 2 aliphatic rings. The summed E-state index contributed by atoms with van der Waals surface area (Å²) >= 11 is 1.73. The van der Waals surface area contributed by atoms with Crippen LogP contribution in [0.5, 0.6) is 0 Å². The van der Waals surface area contributed by atoms with E-state index < -0.39 is 5.60 Å². The highest BCUT2D eigenvalue weighted by molar-refractivity contribution is 7.09. The Hall–Kier alpha value is -0.400. The molecular formula is C18H31Cl2N3O2S. The first-order valence-corrected chi connectivity index (χ1v) is 10.1. The van der Waals surface area contributed by atoms with Crippen LogP contribution in [0.1, 0.15) is 61.6 Å². The van der Waals surface area contributed by atoms with Gasteiger partial charge in [0.15, 0.2) is 0 Å². The van der Waals surface area contributed by atoms with E-state index in [0.29, 0.717) is 12.5 Å². The molecule has 1 aliphatic heterocycles. The largest absolute Gasteiger partial charge is 0.368 e. The van der Waals surface area contributed by atoms with Gasteiger partial charge in [-0.25, -0.2) is 4.98 Å². The number of ether oxygens (including phenoxy) is 1. The number of piperidine rings is 1. The van der Waals surface area contributed by atoms with Crippen molar-refractivity contribution >= 4 is 42.1 Å². The maximum atomic E-state index is 12.5. The van der Waals surface area contributed by atoms with Crippen molar-refractivity contribution in [2.45, 2.75) is 62.9 Å². The number of aromatic nitrogens is 1. The lowest BCUT2D eigenvalue weighted by molar-refractivity contribution is -0.146. The number of carbonyl (C=O) groups excluding carboxylic acids is 1. The molecule has 26 heavy (non-hydrogen) atoms. The maximum Gasteiger partial charge on any atom is 0.252 e. The number of methoxy groups -OCH3 is 1. The molecule has 0 radical (unpaired) electrons. The van der Waals surface area contributed by atoms with Crippen LogP contribution >= 0.6 is 36.2 Å². The Morgan fingerprint density at radius 1 is 1.31 bits per heavy atom. The van der Waals surface area contributed by atoms with Gasteiger partial charge in [-0.15, -0.1) is 36.2 Å². The lowest BCUT2D eigenvalue weighted by Crippen LogP contribution is -2.54. The first-order valence-electron chi connectivity index (χ1n) is 9.22. The number of hydrogen-bond acceptors (Lipinski definition) is 5. The van der Waals surface area contributed by atoms with Gasteiger partial charge in [0.2, 0.25) is 0 Å². The molecule has 0 bridgehead atoms. The minimum absolute atomic E-state index is 0. The fraction of sp³-hybridized carbons (Fsp3) is 0.778. The molecule has 0 aromatic carbocycles. The second kappa shape index (κ2) is 11.4. The van der Waals surface area contributed by atoms with Crippen molar-refractivity contribution in [2.24, 2.45) is 0 Å². The maximum absolute atomic E-state index is 12.5. The summed E-state index contributed by atoms with van der Waals surface area (Å²) in [5.74, 6) is 0.681. The van der Waals surface area contributed by atoms with E-state index in [2.05, 4.69) is 16.0 Å². The summed E-state index contributed by atoms with van der Waals surface area (Å²) in [5, 5.41) is 9.68. The fourth-order valence-corrected chi connectivity index (χ4v) is 4.70. The fourth-order valence-electron chi connectivity index (χ4n) is 3.82. The lowest BCUT2D eigenvalue weighted by Gasteiger charge is -2.34.